The highest BCUT2D eigenvalue weighted by Crippen LogP contribution is 2.25. The second-order valence-electron chi connectivity index (χ2n) is 5.70. The van der Waals surface area contributed by atoms with Crippen LogP contribution in [0.3, 0.4) is 0 Å². The number of thiophene rings is 1. The summed E-state index contributed by atoms with van der Waals surface area (Å²) >= 11 is 3.31. The first-order chi connectivity index (χ1) is 11.5. The topological polar surface area (TPSA) is 69.5 Å². The molecule has 0 fully saturated rings. The minimum atomic E-state index is -0.943. The molecule has 5 nitrogen and oxygen atoms in total. The maximum atomic E-state index is 10.6. The Morgan fingerprint density at radius 2 is 2.16 bits per heavy atom. The monoisotopic (exact) mass is 494 g/mol. The lowest BCUT2D eigenvalue weighted by Crippen LogP contribution is -2.39. The van der Waals surface area contributed by atoms with Crippen LogP contribution < -0.4 is 10.6 Å². The Labute approximate surface area is 175 Å². The molecular weight excluding hydrogens is 467 g/mol. The van der Waals surface area contributed by atoms with Gasteiger partial charge in [0.15, 0.2) is 5.96 Å². The number of aryl methyl sites for hydroxylation is 1. The average Bonchev–Trinajstić information content (AvgIpc) is 3.24. The summed E-state index contributed by atoms with van der Waals surface area (Å²) in [5.41, 5.74) is -0.943. The minimum Gasteiger partial charge on any atom is -0.383 e. The summed E-state index contributed by atoms with van der Waals surface area (Å²) < 4.78 is 0. The predicted molar refractivity (Wildman–Crippen MR) is 118 cm³/mol. The van der Waals surface area contributed by atoms with Gasteiger partial charge in [0, 0.05) is 35.5 Å². The summed E-state index contributed by atoms with van der Waals surface area (Å²) in [5, 5.41) is 20.2. The van der Waals surface area contributed by atoms with Crippen LogP contribution in [0, 0.1) is 0 Å². The van der Waals surface area contributed by atoms with E-state index in [4.69, 9.17) is 0 Å². The second-order valence-corrected chi connectivity index (χ2v) is 7.84. The predicted octanol–water partition coefficient (Wildman–Crippen LogP) is 3.39. The van der Waals surface area contributed by atoms with E-state index in [0.29, 0.717) is 6.54 Å². The molecule has 1 atom stereocenters. The van der Waals surface area contributed by atoms with Crippen molar-refractivity contribution in [3.8, 4) is 0 Å². The zero-order valence-electron chi connectivity index (χ0n) is 14.9. The molecule has 0 saturated heterocycles. The number of hydrogen-bond donors (Lipinski definition) is 3. The largest absolute Gasteiger partial charge is 0.383 e. The van der Waals surface area contributed by atoms with Crippen molar-refractivity contribution in [2.24, 2.45) is 4.99 Å². The highest BCUT2D eigenvalue weighted by atomic mass is 127. The number of aromatic nitrogens is 1. The van der Waals surface area contributed by atoms with Crippen molar-refractivity contribution >= 4 is 52.6 Å². The van der Waals surface area contributed by atoms with E-state index in [0.717, 1.165) is 41.8 Å². The fourth-order valence-electron chi connectivity index (χ4n) is 2.15. The van der Waals surface area contributed by atoms with Crippen LogP contribution in [0.2, 0.25) is 0 Å². The van der Waals surface area contributed by atoms with Gasteiger partial charge in [0.2, 0.25) is 0 Å². The van der Waals surface area contributed by atoms with Crippen molar-refractivity contribution in [2.45, 2.75) is 39.2 Å². The van der Waals surface area contributed by atoms with Gasteiger partial charge in [0.1, 0.15) is 5.60 Å². The van der Waals surface area contributed by atoms with Gasteiger partial charge in [-0.2, -0.15) is 0 Å². The molecule has 0 spiro atoms. The van der Waals surface area contributed by atoms with E-state index < -0.39 is 5.60 Å². The zero-order chi connectivity index (χ0) is 17.4. The number of rotatable bonds is 8. The molecule has 8 heteroatoms. The number of hydrogen-bond acceptors (Lipinski definition) is 5. The van der Waals surface area contributed by atoms with Gasteiger partial charge in [-0.05, 0) is 31.7 Å². The van der Waals surface area contributed by atoms with Crippen LogP contribution in [-0.2, 0) is 18.4 Å². The summed E-state index contributed by atoms with van der Waals surface area (Å²) in [6, 6.07) is 3.88. The Hall–Kier alpha value is -0.710. The van der Waals surface area contributed by atoms with Gasteiger partial charge >= 0.3 is 0 Å². The van der Waals surface area contributed by atoms with Crippen LogP contribution in [0.4, 0.5) is 0 Å². The van der Waals surface area contributed by atoms with Gasteiger partial charge < -0.3 is 15.7 Å². The normalized spacial score (nSPS) is 13.8. The third kappa shape index (κ3) is 7.20. The molecule has 0 aliphatic carbocycles. The first-order valence-electron chi connectivity index (χ1n) is 8.27. The second kappa shape index (κ2) is 11.1. The molecule has 3 N–H and O–H groups in total. The van der Waals surface area contributed by atoms with Gasteiger partial charge in [-0.3, -0.25) is 0 Å². The lowest BCUT2D eigenvalue weighted by molar-refractivity contribution is 0.0711. The first-order valence-corrected chi connectivity index (χ1v) is 9.97. The Morgan fingerprint density at radius 1 is 1.36 bits per heavy atom. The lowest BCUT2D eigenvalue weighted by Gasteiger charge is -2.20. The molecule has 2 aromatic heterocycles. The quantitative estimate of drug-likeness (QED) is 0.299. The molecule has 0 aliphatic heterocycles. The third-order valence-electron chi connectivity index (χ3n) is 3.52. The van der Waals surface area contributed by atoms with E-state index in [1.807, 2.05) is 30.6 Å². The number of guanidine groups is 1. The number of halogens is 1. The fourth-order valence-corrected chi connectivity index (χ4v) is 3.79. The summed E-state index contributed by atoms with van der Waals surface area (Å²) in [4.78, 5) is 11.2. The van der Waals surface area contributed by atoms with Gasteiger partial charge in [-0.25, -0.2) is 9.98 Å². The van der Waals surface area contributed by atoms with Gasteiger partial charge in [0.05, 0.1) is 11.6 Å². The van der Waals surface area contributed by atoms with Gasteiger partial charge in [0.25, 0.3) is 0 Å². The number of aliphatic imine (C=N–C) groups is 1. The van der Waals surface area contributed by atoms with E-state index in [1.54, 1.807) is 29.6 Å². The van der Waals surface area contributed by atoms with Crippen molar-refractivity contribution in [1.82, 2.24) is 15.6 Å². The molecule has 0 radical (unpaired) electrons. The molecule has 0 aromatic carbocycles. The average molecular weight is 494 g/mol. The smallest absolute Gasteiger partial charge is 0.191 e. The zero-order valence-corrected chi connectivity index (χ0v) is 18.9. The highest BCUT2D eigenvalue weighted by Gasteiger charge is 2.23. The Bertz CT molecular complexity index is 641. The fraction of sp³-hybridized carbons (Fsp3) is 0.529. The summed E-state index contributed by atoms with van der Waals surface area (Å²) in [6.45, 7) is 7.84. The minimum absolute atomic E-state index is 0. The SMILES string of the molecule is CCNC(=NCC(C)(O)c1cccs1)NCCc1ncc(CC)s1.I. The van der Waals surface area contributed by atoms with Crippen LogP contribution in [0.5, 0.6) is 0 Å². The molecule has 140 valence electrons. The van der Waals surface area contributed by atoms with Crippen molar-refractivity contribution in [2.75, 3.05) is 19.6 Å². The van der Waals surface area contributed by atoms with Crippen molar-refractivity contribution < 1.29 is 5.11 Å². The molecule has 1 unspecified atom stereocenters. The molecule has 0 aliphatic rings. The maximum absolute atomic E-state index is 10.6. The number of thiazole rings is 1. The van der Waals surface area contributed by atoms with E-state index in [-0.39, 0.29) is 24.0 Å². The van der Waals surface area contributed by atoms with Crippen molar-refractivity contribution in [3.05, 3.63) is 38.5 Å². The van der Waals surface area contributed by atoms with Crippen LogP contribution in [0.25, 0.3) is 0 Å². The van der Waals surface area contributed by atoms with Crippen LogP contribution in [0.1, 0.15) is 35.5 Å². The summed E-state index contributed by atoms with van der Waals surface area (Å²) in [7, 11) is 0. The highest BCUT2D eigenvalue weighted by molar-refractivity contribution is 14.0. The number of aliphatic hydroxyl groups is 1. The van der Waals surface area contributed by atoms with Crippen LogP contribution in [0.15, 0.2) is 28.7 Å². The molecule has 0 bridgehead atoms. The molecular formula is C17H27IN4OS2. The van der Waals surface area contributed by atoms with Crippen LogP contribution in [-0.4, -0.2) is 35.7 Å². The Morgan fingerprint density at radius 3 is 2.76 bits per heavy atom. The van der Waals surface area contributed by atoms with Crippen molar-refractivity contribution in [3.63, 3.8) is 0 Å². The summed E-state index contributed by atoms with van der Waals surface area (Å²) in [6.07, 6.45) is 3.86. The Kier molecular flexibility index (Phi) is 9.91. The molecule has 25 heavy (non-hydrogen) atoms. The Balaban J connectivity index is 0.00000312. The molecule has 0 saturated carbocycles. The lowest BCUT2D eigenvalue weighted by atomic mass is 10.1. The third-order valence-corrected chi connectivity index (χ3v) is 5.85. The standard InChI is InChI=1S/C17H26N4OS2.HI/c1-4-13-11-20-15(24-13)8-9-19-16(18-5-2)21-12-17(3,22)14-7-6-10-23-14;/h6-7,10-11,22H,4-5,8-9,12H2,1-3H3,(H2,18,19,21);1H. The van der Waals surface area contributed by atoms with E-state index >= 15 is 0 Å². The van der Waals surface area contributed by atoms with Gasteiger partial charge in [-0.15, -0.1) is 46.7 Å². The maximum Gasteiger partial charge on any atom is 0.191 e. The molecule has 2 heterocycles. The molecule has 2 rings (SSSR count). The van der Waals surface area contributed by atoms with Gasteiger partial charge in [-0.1, -0.05) is 13.0 Å². The molecule has 0 amide bonds. The van der Waals surface area contributed by atoms with E-state index in [2.05, 4.69) is 27.5 Å². The van der Waals surface area contributed by atoms with Crippen molar-refractivity contribution in [1.29, 1.82) is 0 Å². The molecule has 2 aromatic rings. The first kappa shape index (κ1) is 22.3. The van der Waals surface area contributed by atoms with E-state index in [9.17, 15) is 5.11 Å². The summed E-state index contributed by atoms with van der Waals surface area (Å²) in [5.74, 6) is 0.724. The van der Waals surface area contributed by atoms with Crippen LogP contribution >= 0.6 is 46.7 Å². The number of nitrogens with zero attached hydrogens (tertiary/aromatic N) is 2. The van der Waals surface area contributed by atoms with E-state index in [1.165, 1.54) is 4.88 Å². The number of nitrogens with one attached hydrogen (secondary N) is 2.